The van der Waals surface area contributed by atoms with Crippen LogP contribution in [0.1, 0.15) is 31.4 Å². The van der Waals surface area contributed by atoms with E-state index in [1.807, 2.05) is 31.2 Å². The van der Waals surface area contributed by atoms with Crippen LogP contribution in [-0.2, 0) is 16.6 Å². The first kappa shape index (κ1) is 14.5. The molecule has 0 bridgehead atoms. The fourth-order valence-electron chi connectivity index (χ4n) is 2.65. The fraction of sp³-hybridized carbons (Fsp3) is 0.316. The maximum atomic E-state index is 11.3. The second-order valence-electron chi connectivity index (χ2n) is 5.69. The van der Waals surface area contributed by atoms with E-state index in [2.05, 4.69) is 43.3 Å². The molecule has 0 heterocycles. The molecule has 0 radical (unpaired) electrons. The molecular formula is C19H22O. The molecule has 0 spiro atoms. The van der Waals surface area contributed by atoms with Gasteiger partial charge in [-0.2, -0.15) is 0 Å². The number of rotatable bonds is 6. The lowest BCUT2D eigenvalue weighted by atomic mass is 9.69. The summed E-state index contributed by atoms with van der Waals surface area (Å²) in [5.41, 5.74) is 2.46. The van der Waals surface area contributed by atoms with Crippen LogP contribution in [0.5, 0.6) is 0 Å². The van der Waals surface area contributed by atoms with E-state index in [9.17, 15) is 4.79 Å². The molecular weight excluding hydrogens is 244 g/mol. The minimum Gasteiger partial charge on any atom is -0.303 e. The summed E-state index contributed by atoms with van der Waals surface area (Å²) >= 11 is 0. The first-order valence-corrected chi connectivity index (χ1v) is 7.21. The van der Waals surface area contributed by atoms with Crippen molar-refractivity contribution in [3.05, 3.63) is 71.8 Å². The summed E-state index contributed by atoms with van der Waals surface area (Å²) < 4.78 is 0. The molecule has 0 aliphatic carbocycles. The topological polar surface area (TPSA) is 17.1 Å². The normalized spacial score (nSPS) is 15.3. The van der Waals surface area contributed by atoms with Crippen LogP contribution >= 0.6 is 0 Å². The number of hydrogen-bond donors (Lipinski definition) is 0. The average Bonchev–Trinajstić information content (AvgIpc) is 2.53. The Balaban J connectivity index is 2.22. The molecule has 2 aromatic rings. The predicted molar refractivity (Wildman–Crippen MR) is 83.8 cm³/mol. The Kier molecular flexibility index (Phi) is 4.73. The van der Waals surface area contributed by atoms with E-state index in [1.165, 1.54) is 11.1 Å². The lowest BCUT2D eigenvalue weighted by molar-refractivity contribution is -0.112. The van der Waals surface area contributed by atoms with Crippen LogP contribution < -0.4 is 0 Å². The van der Waals surface area contributed by atoms with Gasteiger partial charge in [-0.3, -0.25) is 0 Å². The summed E-state index contributed by atoms with van der Waals surface area (Å²) in [6.45, 7) is 4.22. The zero-order valence-electron chi connectivity index (χ0n) is 12.3. The van der Waals surface area contributed by atoms with E-state index < -0.39 is 0 Å². The summed E-state index contributed by atoms with van der Waals surface area (Å²) in [6, 6.07) is 20.8. The summed E-state index contributed by atoms with van der Waals surface area (Å²) in [7, 11) is 0. The molecule has 0 saturated heterocycles. The third-order valence-electron chi connectivity index (χ3n) is 4.42. The Morgan fingerprint density at radius 3 is 2.10 bits per heavy atom. The number of hydrogen-bond acceptors (Lipinski definition) is 1. The maximum Gasteiger partial charge on any atom is 0.123 e. The highest BCUT2D eigenvalue weighted by molar-refractivity contribution is 5.57. The van der Waals surface area contributed by atoms with Crippen LogP contribution in [0.2, 0.25) is 0 Å². The lowest BCUT2D eigenvalue weighted by Gasteiger charge is -2.33. The molecule has 0 aliphatic rings. The van der Waals surface area contributed by atoms with Crippen molar-refractivity contribution in [1.82, 2.24) is 0 Å². The second-order valence-corrected chi connectivity index (χ2v) is 5.69. The van der Waals surface area contributed by atoms with Gasteiger partial charge in [0, 0.05) is 11.3 Å². The molecule has 20 heavy (non-hydrogen) atoms. The highest BCUT2D eigenvalue weighted by atomic mass is 16.1. The van der Waals surface area contributed by atoms with Gasteiger partial charge in [0.1, 0.15) is 6.29 Å². The SMILES string of the molecule is CC(C=O)C(C)(CCc1ccccc1)c1ccccc1. The van der Waals surface area contributed by atoms with Gasteiger partial charge in [-0.15, -0.1) is 0 Å². The number of aldehydes is 1. The van der Waals surface area contributed by atoms with Crippen molar-refractivity contribution in [3.63, 3.8) is 0 Å². The Labute approximate surface area is 121 Å². The monoisotopic (exact) mass is 266 g/mol. The van der Waals surface area contributed by atoms with E-state index >= 15 is 0 Å². The van der Waals surface area contributed by atoms with Crippen molar-refractivity contribution in [2.24, 2.45) is 5.92 Å². The molecule has 0 aromatic heterocycles. The minimum absolute atomic E-state index is 0.00797. The second kappa shape index (κ2) is 6.51. The van der Waals surface area contributed by atoms with Gasteiger partial charge in [-0.25, -0.2) is 0 Å². The fourth-order valence-corrected chi connectivity index (χ4v) is 2.65. The van der Waals surface area contributed by atoms with Gasteiger partial charge >= 0.3 is 0 Å². The van der Waals surface area contributed by atoms with Crippen molar-refractivity contribution in [2.75, 3.05) is 0 Å². The standard InChI is InChI=1S/C19H22O/c1-16(15-20)19(2,18-11-7-4-8-12-18)14-13-17-9-5-3-6-10-17/h3-12,15-16H,13-14H2,1-2H3. The summed E-state index contributed by atoms with van der Waals surface area (Å²) in [4.78, 5) is 11.3. The van der Waals surface area contributed by atoms with Gasteiger partial charge in [0.05, 0.1) is 0 Å². The zero-order valence-corrected chi connectivity index (χ0v) is 12.3. The molecule has 0 N–H and O–H groups in total. The average molecular weight is 266 g/mol. The Morgan fingerprint density at radius 2 is 1.55 bits per heavy atom. The summed E-state index contributed by atoms with van der Waals surface area (Å²) in [5.74, 6) is 0.00797. The highest BCUT2D eigenvalue weighted by Gasteiger charge is 2.32. The van der Waals surface area contributed by atoms with E-state index in [0.29, 0.717) is 0 Å². The van der Waals surface area contributed by atoms with Crippen molar-refractivity contribution >= 4 is 6.29 Å². The molecule has 2 rings (SSSR count). The third-order valence-corrected chi connectivity index (χ3v) is 4.42. The zero-order chi connectivity index (χ0) is 14.4. The highest BCUT2D eigenvalue weighted by Crippen LogP contribution is 2.35. The molecule has 0 saturated carbocycles. The smallest absolute Gasteiger partial charge is 0.123 e. The number of aryl methyl sites for hydroxylation is 1. The van der Waals surface area contributed by atoms with Crippen LogP contribution in [0.4, 0.5) is 0 Å². The molecule has 0 fully saturated rings. The van der Waals surface area contributed by atoms with Gasteiger partial charge in [0.15, 0.2) is 0 Å². The number of carbonyl (C=O) groups is 1. The van der Waals surface area contributed by atoms with Crippen LogP contribution in [0.15, 0.2) is 60.7 Å². The van der Waals surface area contributed by atoms with Gasteiger partial charge in [0.25, 0.3) is 0 Å². The van der Waals surface area contributed by atoms with Gasteiger partial charge in [0.2, 0.25) is 0 Å². The first-order chi connectivity index (χ1) is 9.66. The number of carbonyl (C=O) groups excluding carboxylic acids is 1. The quantitative estimate of drug-likeness (QED) is 0.708. The van der Waals surface area contributed by atoms with E-state index in [1.54, 1.807) is 0 Å². The maximum absolute atomic E-state index is 11.3. The first-order valence-electron chi connectivity index (χ1n) is 7.21. The van der Waals surface area contributed by atoms with E-state index in [0.717, 1.165) is 19.1 Å². The van der Waals surface area contributed by atoms with Crippen molar-refractivity contribution < 1.29 is 4.79 Å². The largest absolute Gasteiger partial charge is 0.303 e. The lowest BCUT2D eigenvalue weighted by Crippen LogP contribution is -2.32. The van der Waals surface area contributed by atoms with Gasteiger partial charge in [-0.05, 0) is 24.0 Å². The summed E-state index contributed by atoms with van der Waals surface area (Å²) in [6.07, 6.45) is 3.04. The molecule has 2 aromatic carbocycles. The predicted octanol–water partition coefficient (Wildman–Crippen LogP) is 4.41. The van der Waals surface area contributed by atoms with Crippen molar-refractivity contribution in [2.45, 2.75) is 32.1 Å². The molecule has 1 heteroatoms. The van der Waals surface area contributed by atoms with Crippen LogP contribution in [-0.4, -0.2) is 6.29 Å². The Hall–Kier alpha value is -1.89. The summed E-state index contributed by atoms with van der Waals surface area (Å²) in [5, 5.41) is 0. The van der Waals surface area contributed by atoms with Crippen LogP contribution in [0.3, 0.4) is 0 Å². The molecule has 0 amide bonds. The van der Waals surface area contributed by atoms with E-state index in [4.69, 9.17) is 0 Å². The van der Waals surface area contributed by atoms with E-state index in [-0.39, 0.29) is 11.3 Å². The van der Waals surface area contributed by atoms with Crippen molar-refractivity contribution in [1.29, 1.82) is 0 Å². The third kappa shape index (κ3) is 3.16. The van der Waals surface area contributed by atoms with Crippen LogP contribution in [0, 0.1) is 5.92 Å². The molecule has 104 valence electrons. The number of benzene rings is 2. The molecule has 2 unspecified atom stereocenters. The van der Waals surface area contributed by atoms with Gasteiger partial charge in [-0.1, -0.05) is 74.5 Å². The molecule has 2 atom stereocenters. The van der Waals surface area contributed by atoms with Crippen molar-refractivity contribution in [3.8, 4) is 0 Å². The van der Waals surface area contributed by atoms with Gasteiger partial charge < -0.3 is 4.79 Å². The molecule has 0 aliphatic heterocycles. The molecule has 1 nitrogen and oxygen atoms in total. The Bertz CT molecular complexity index is 532. The Morgan fingerprint density at radius 1 is 1.00 bits per heavy atom. The minimum atomic E-state index is -0.112. The van der Waals surface area contributed by atoms with Crippen LogP contribution in [0.25, 0.3) is 0 Å².